The van der Waals surface area contributed by atoms with E-state index in [1.165, 1.54) is 0 Å². The summed E-state index contributed by atoms with van der Waals surface area (Å²) in [4.78, 5) is 75.6. The molecule has 0 aromatic heterocycles. The van der Waals surface area contributed by atoms with Crippen LogP contribution in [0, 0.1) is 0 Å². The van der Waals surface area contributed by atoms with Crippen molar-refractivity contribution in [3.8, 4) is 11.5 Å². The quantitative estimate of drug-likeness (QED) is 0.0604. The van der Waals surface area contributed by atoms with Crippen molar-refractivity contribution >= 4 is 36.1 Å². The number of aryl methyl sites for hydroxylation is 2. The number of carbonyl (C=O) groups excluding carboxylic acids is 6. The highest BCUT2D eigenvalue weighted by molar-refractivity contribution is 6.35. The minimum Gasteiger partial charge on any atom is -0.464 e. The fraction of sp³-hybridized carbons (Fsp3) is 0.640. The number of hydrogen-bond acceptors (Lipinski definition) is 12. The predicted octanol–water partition coefficient (Wildman–Crippen LogP) is 9.39. The van der Waals surface area contributed by atoms with Gasteiger partial charge < -0.3 is 39.1 Å². The number of nitrogens with one attached hydrogen (secondary N) is 2. The number of hydrogen-bond donors (Lipinski definition) is 2. The van der Waals surface area contributed by atoms with Crippen molar-refractivity contribution < 1.29 is 57.2 Å². The summed E-state index contributed by atoms with van der Waals surface area (Å²) in [6.07, 6.45) is -0.769. The van der Waals surface area contributed by atoms with Crippen molar-refractivity contribution in [3.63, 3.8) is 0 Å². The lowest BCUT2D eigenvalue weighted by molar-refractivity contribution is -0.145. The lowest BCUT2D eigenvalue weighted by Crippen LogP contribution is -2.42. The van der Waals surface area contributed by atoms with E-state index >= 15 is 0 Å². The van der Waals surface area contributed by atoms with Crippen LogP contribution in [0.25, 0.3) is 0 Å². The lowest BCUT2D eigenvalue weighted by atomic mass is 9.78. The molecule has 0 spiro atoms. The molecule has 0 radical (unpaired) electrons. The Hall–Kier alpha value is -5.14. The zero-order valence-electron chi connectivity index (χ0n) is 41.9. The molecule has 0 saturated carbocycles. The third kappa shape index (κ3) is 18.9. The second-order valence-corrected chi connectivity index (χ2v) is 22.1. The molecule has 0 bridgehead atoms. The van der Waals surface area contributed by atoms with Gasteiger partial charge in [-0.15, -0.1) is 0 Å². The first kappa shape index (κ1) is 55.0. The van der Waals surface area contributed by atoms with Crippen molar-refractivity contribution in [2.75, 3.05) is 26.3 Å². The standard InChI is InChI=1S/C50H76N2O12/c1-45(2,3)33-27-31(28-34(46(4,5)6)39(33)61-43(57)63-49(13,14)15)19-21-37(53)59-25-23-51-41(55)42(56)52-24-26-60-38(54)22-20-32-29-35(47(7,8)9)40(36(30-32)48(10,11)12)62-44(58)64-50(16,17)18/h27-30H,19-26H2,1-18H3,(H,51,55)(H,52,56). The summed E-state index contributed by atoms with van der Waals surface area (Å²) in [6.45, 7) is 34.3. The maximum atomic E-state index is 12.8. The lowest BCUT2D eigenvalue weighted by Gasteiger charge is -2.30. The molecule has 14 heteroatoms. The highest BCUT2D eigenvalue weighted by Gasteiger charge is 2.33. The van der Waals surface area contributed by atoms with E-state index < -0.39 is 68.9 Å². The van der Waals surface area contributed by atoms with E-state index in [1.54, 1.807) is 41.5 Å². The molecular weight excluding hydrogens is 821 g/mol. The first-order valence-electron chi connectivity index (χ1n) is 22.0. The van der Waals surface area contributed by atoms with Gasteiger partial charge in [0.2, 0.25) is 0 Å². The number of ether oxygens (including phenoxy) is 6. The Labute approximate surface area is 381 Å². The van der Waals surface area contributed by atoms with Gasteiger partial charge in [0.15, 0.2) is 0 Å². The summed E-state index contributed by atoms with van der Waals surface area (Å²) in [6, 6.07) is 7.72. The van der Waals surface area contributed by atoms with Crippen molar-refractivity contribution in [1.82, 2.24) is 10.6 Å². The van der Waals surface area contributed by atoms with Crippen LogP contribution in [-0.2, 0) is 72.6 Å². The summed E-state index contributed by atoms with van der Waals surface area (Å²) in [5.74, 6) is -1.95. The number of rotatable bonds is 14. The van der Waals surface area contributed by atoms with E-state index in [2.05, 4.69) is 10.6 Å². The molecule has 0 aliphatic heterocycles. The van der Waals surface area contributed by atoms with Gasteiger partial charge in [0.25, 0.3) is 0 Å². The van der Waals surface area contributed by atoms with E-state index in [-0.39, 0.29) is 39.1 Å². The highest BCUT2D eigenvalue weighted by Crippen LogP contribution is 2.43. The monoisotopic (exact) mass is 897 g/mol. The average Bonchev–Trinajstić information content (AvgIpc) is 3.10. The molecule has 0 aliphatic carbocycles. The van der Waals surface area contributed by atoms with Gasteiger partial charge in [-0.05, 0) is 87.2 Å². The number of benzene rings is 2. The minimum absolute atomic E-state index is 0.0551. The first-order chi connectivity index (χ1) is 29.0. The van der Waals surface area contributed by atoms with Crippen LogP contribution < -0.4 is 20.1 Å². The molecule has 0 unspecified atom stereocenters. The Morgan fingerprint density at radius 2 is 0.703 bits per heavy atom. The van der Waals surface area contributed by atoms with Gasteiger partial charge in [0, 0.05) is 35.1 Å². The van der Waals surface area contributed by atoms with Crippen LogP contribution in [0.15, 0.2) is 24.3 Å². The summed E-state index contributed by atoms with van der Waals surface area (Å²) in [5, 5.41) is 4.83. The minimum atomic E-state index is -0.927. The van der Waals surface area contributed by atoms with Gasteiger partial charge >= 0.3 is 36.1 Å². The Kier molecular flexibility index (Phi) is 18.6. The van der Waals surface area contributed by atoms with Crippen LogP contribution in [0.4, 0.5) is 9.59 Å². The zero-order valence-corrected chi connectivity index (χ0v) is 41.9. The second-order valence-electron chi connectivity index (χ2n) is 22.1. The van der Waals surface area contributed by atoms with Crippen LogP contribution in [0.5, 0.6) is 11.5 Å². The van der Waals surface area contributed by atoms with E-state index in [9.17, 15) is 28.8 Å². The van der Waals surface area contributed by atoms with Crippen molar-refractivity contribution in [1.29, 1.82) is 0 Å². The van der Waals surface area contributed by atoms with Gasteiger partial charge in [-0.25, -0.2) is 9.59 Å². The maximum Gasteiger partial charge on any atom is 0.514 e. The van der Waals surface area contributed by atoms with Gasteiger partial charge in [0.1, 0.15) is 35.9 Å². The van der Waals surface area contributed by atoms with Crippen LogP contribution in [0.3, 0.4) is 0 Å². The topological polar surface area (TPSA) is 182 Å². The molecule has 2 rings (SSSR count). The molecule has 358 valence electrons. The van der Waals surface area contributed by atoms with Crippen LogP contribution in [0.1, 0.15) is 171 Å². The van der Waals surface area contributed by atoms with E-state index in [0.717, 1.165) is 33.4 Å². The molecule has 0 heterocycles. The molecule has 0 saturated heterocycles. The average molecular weight is 897 g/mol. The first-order valence-corrected chi connectivity index (χ1v) is 22.0. The van der Waals surface area contributed by atoms with Crippen molar-refractivity contribution in [3.05, 3.63) is 57.6 Å². The Bertz CT molecular complexity index is 1780. The summed E-state index contributed by atoms with van der Waals surface area (Å²) in [7, 11) is 0. The largest absolute Gasteiger partial charge is 0.514 e. The van der Waals surface area contributed by atoms with E-state index in [1.807, 2.05) is 107 Å². The molecule has 2 aromatic carbocycles. The van der Waals surface area contributed by atoms with Crippen molar-refractivity contribution in [2.24, 2.45) is 0 Å². The molecule has 0 atom stereocenters. The Morgan fingerprint density at radius 1 is 0.438 bits per heavy atom. The number of amides is 2. The van der Waals surface area contributed by atoms with Gasteiger partial charge in [-0.3, -0.25) is 19.2 Å². The molecule has 14 nitrogen and oxygen atoms in total. The maximum absolute atomic E-state index is 12.8. The molecule has 2 N–H and O–H groups in total. The number of carbonyl (C=O) groups is 6. The summed E-state index contributed by atoms with van der Waals surface area (Å²) in [5.41, 5.74) is 1.83. The van der Waals surface area contributed by atoms with Crippen molar-refractivity contribution in [2.45, 2.75) is 183 Å². The fourth-order valence-corrected chi connectivity index (χ4v) is 6.28. The summed E-state index contributed by atoms with van der Waals surface area (Å²) < 4.78 is 33.2. The van der Waals surface area contributed by atoms with Crippen LogP contribution in [-0.4, -0.2) is 73.6 Å². The highest BCUT2D eigenvalue weighted by atomic mass is 16.7. The molecule has 64 heavy (non-hydrogen) atoms. The molecule has 0 aliphatic rings. The third-order valence-electron chi connectivity index (χ3n) is 9.42. The Balaban J connectivity index is 1.89. The van der Waals surface area contributed by atoms with Crippen LogP contribution in [0.2, 0.25) is 0 Å². The third-order valence-corrected chi connectivity index (χ3v) is 9.42. The van der Waals surface area contributed by atoms with Crippen LogP contribution >= 0.6 is 0 Å². The van der Waals surface area contributed by atoms with E-state index in [4.69, 9.17) is 28.4 Å². The molecule has 2 amide bonds. The van der Waals surface area contributed by atoms with E-state index in [0.29, 0.717) is 24.3 Å². The zero-order chi connectivity index (χ0) is 49.2. The van der Waals surface area contributed by atoms with Gasteiger partial charge in [-0.2, -0.15) is 0 Å². The van der Waals surface area contributed by atoms with Gasteiger partial charge in [-0.1, -0.05) is 107 Å². The Morgan fingerprint density at radius 3 is 0.938 bits per heavy atom. The SMILES string of the molecule is CC(C)(C)OC(=O)Oc1c(C(C)(C)C)cc(CCC(=O)OCCNC(=O)C(=O)NCCOC(=O)CCc2cc(C(C)(C)C)c(OC(=O)OC(C)(C)C)c(C(C)(C)C)c2)cc1C(C)(C)C. The predicted molar refractivity (Wildman–Crippen MR) is 246 cm³/mol. The van der Waals surface area contributed by atoms with Gasteiger partial charge in [0.05, 0.1) is 13.1 Å². The molecular formula is C50H76N2O12. The molecule has 2 aromatic rings. The fourth-order valence-electron chi connectivity index (χ4n) is 6.28. The smallest absolute Gasteiger partial charge is 0.464 e. The second kappa shape index (κ2) is 21.7. The number of esters is 2. The molecule has 0 fully saturated rings. The summed E-state index contributed by atoms with van der Waals surface area (Å²) >= 11 is 0. The normalized spacial score (nSPS) is 12.5.